The van der Waals surface area contributed by atoms with Gasteiger partial charge >= 0.3 is 0 Å². The second-order valence-corrected chi connectivity index (χ2v) is 3.11. The Morgan fingerprint density at radius 2 is 2.13 bits per heavy atom. The molecular weight excluding hydrogens is 188 g/mol. The van der Waals surface area contributed by atoms with Gasteiger partial charge in [0.1, 0.15) is 5.75 Å². The molecule has 0 fully saturated rings. The summed E-state index contributed by atoms with van der Waals surface area (Å²) in [5, 5.41) is 0. The maximum absolute atomic E-state index is 12.0. The van der Waals surface area contributed by atoms with Crippen LogP contribution < -0.4 is 4.74 Å². The average Bonchev–Trinajstić information content (AvgIpc) is 2.81. The number of hydrogen-bond acceptors (Lipinski definition) is 2. The number of rotatable bonds is 3. The molecular formula is C13H10O2. The first kappa shape index (κ1) is 9.50. The van der Waals surface area contributed by atoms with E-state index in [2.05, 4.69) is 5.73 Å². The van der Waals surface area contributed by atoms with Crippen molar-refractivity contribution >= 4 is 5.78 Å². The number of carbonyl (C=O) groups is 1. The number of ether oxygens (including phenoxy) is 1. The Kier molecular flexibility index (Phi) is 2.53. The van der Waals surface area contributed by atoms with E-state index < -0.39 is 0 Å². The summed E-state index contributed by atoms with van der Waals surface area (Å²) in [6.45, 7) is 0. The molecule has 0 aliphatic heterocycles. The lowest BCUT2D eigenvalue weighted by atomic mass is 10.0. The molecule has 0 saturated heterocycles. The summed E-state index contributed by atoms with van der Waals surface area (Å²) in [6, 6.07) is 7.18. The summed E-state index contributed by atoms with van der Waals surface area (Å²) in [7, 11) is 1.56. The van der Waals surface area contributed by atoms with Crippen LogP contribution in [-0.2, 0) is 0 Å². The lowest BCUT2D eigenvalue weighted by Gasteiger charge is -2.05. The second kappa shape index (κ2) is 3.99. The number of carbonyl (C=O) groups excluding carboxylic acids is 1. The summed E-state index contributed by atoms with van der Waals surface area (Å²) in [5.41, 5.74) is 4.02. The van der Waals surface area contributed by atoms with Crippen LogP contribution in [0.3, 0.4) is 0 Å². The Morgan fingerprint density at radius 3 is 2.80 bits per heavy atom. The van der Waals surface area contributed by atoms with Crippen molar-refractivity contribution in [1.82, 2.24) is 0 Å². The summed E-state index contributed by atoms with van der Waals surface area (Å²) in [4.78, 5) is 12.0. The molecule has 2 rings (SSSR count). The van der Waals surface area contributed by atoms with Crippen LogP contribution >= 0.6 is 0 Å². The van der Waals surface area contributed by atoms with Gasteiger partial charge in [-0.2, -0.15) is 0 Å². The summed E-state index contributed by atoms with van der Waals surface area (Å²) in [6.07, 6.45) is 5.26. The molecule has 0 unspecified atom stereocenters. The molecule has 15 heavy (non-hydrogen) atoms. The van der Waals surface area contributed by atoms with E-state index >= 15 is 0 Å². The van der Waals surface area contributed by atoms with Gasteiger partial charge in [0, 0.05) is 0 Å². The molecule has 2 heteroatoms. The first-order valence-electron chi connectivity index (χ1n) is 4.64. The van der Waals surface area contributed by atoms with Gasteiger partial charge in [0.2, 0.25) is 5.78 Å². The van der Waals surface area contributed by atoms with Crippen molar-refractivity contribution in [3.05, 3.63) is 59.4 Å². The molecule has 0 heterocycles. The van der Waals surface area contributed by atoms with Crippen LogP contribution in [0.1, 0.15) is 10.4 Å². The van der Waals surface area contributed by atoms with Crippen molar-refractivity contribution in [3.63, 3.8) is 0 Å². The molecule has 0 bridgehead atoms. The fourth-order valence-corrected chi connectivity index (χ4v) is 1.45. The number of methoxy groups -OCH3 is 1. The van der Waals surface area contributed by atoms with E-state index in [1.807, 2.05) is 12.1 Å². The molecule has 1 aromatic rings. The number of para-hydroxylation sites is 1. The summed E-state index contributed by atoms with van der Waals surface area (Å²) in [5.74, 6) is 0.537. The minimum Gasteiger partial charge on any atom is -0.496 e. The van der Waals surface area contributed by atoms with Crippen molar-refractivity contribution < 1.29 is 9.53 Å². The third kappa shape index (κ3) is 1.76. The molecule has 74 valence electrons. The van der Waals surface area contributed by atoms with Gasteiger partial charge in [-0.15, -0.1) is 5.73 Å². The monoisotopic (exact) mass is 198 g/mol. The number of Topliss-reactive ketones (excluding diaryl/α,β-unsaturated/α-hetero) is 1. The third-order valence-electron chi connectivity index (χ3n) is 2.19. The summed E-state index contributed by atoms with van der Waals surface area (Å²) < 4.78 is 5.13. The van der Waals surface area contributed by atoms with Gasteiger partial charge in [-0.1, -0.05) is 18.2 Å². The first-order chi connectivity index (χ1) is 7.33. The fraction of sp³-hybridized carbons (Fsp3) is 0.0769. The van der Waals surface area contributed by atoms with Gasteiger partial charge < -0.3 is 4.74 Å². The third-order valence-corrected chi connectivity index (χ3v) is 2.19. The zero-order valence-electron chi connectivity index (χ0n) is 8.36. The zero-order valence-corrected chi connectivity index (χ0v) is 8.36. The molecule has 0 saturated carbocycles. The van der Waals surface area contributed by atoms with Crippen LogP contribution in [0.4, 0.5) is 0 Å². The Balaban J connectivity index is 2.41. The molecule has 2 nitrogen and oxygen atoms in total. The Labute approximate surface area is 88.2 Å². The molecule has 0 radical (unpaired) electrons. The lowest BCUT2D eigenvalue weighted by Crippen LogP contribution is -2.02. The van der Waals surface area contributed by atoms with Crippen molar-refractivity contribution in [1.29, 1.82) is 0 Å². The molecule has 0 amide bonds. The molecule has 0 aromatic heterocycles. The Bertz CT molecular complexity index is 489. The average molecular weight is 198 g/mol. The highest BCUT2D eigenvalue weighted by Gasteiger charge is 2.14. The van der Waals surface area contributed by atoms with E-state index in [0.29, 0.717) is 16.9 Å². The van der Waals surface area contributed by atoms with Gasteiger partial charge in [-0.3, -0.25) is 4.79 Å². The van der Waals surface area contributed by atoms with Crippen LogP contribution in [0, 0.1) is 0 Å². The van der Waals surface area contributed by atoms with E-state index in [4.69, 9.17) is 4.74 Å². The number of benzene rings is 1. The van der Waals surface area contributed by atoms with E-state index in [9.17, 15) is 4.79 Å². The highest BCUT2D eigenvalue weighted by molar-refractivity contribution is 6.12. The Morgan fingerprint density at radius 1 is 1.33 bits per heavy atom. The minimum atomic E-state index is -0.0579. The highest BCUT2D eigenvalue weighted by atomic mass is 16.5. The lowest BCUT2D eigenvalue weighted by molar-refractivity contribution is 0.103. The summed E-state index contributed by atoms with van der Waals surface area (Å²) >= 11 is 0. The Hall–Kier alpha value is -2.05. The zero-order chi connectivity index (χ0) is 10.7. The fourth-order valence-electron chi connectivity index (χ4n) is 1.45. The van der Waals surface area contributed by atoms with Gasteiger partial charge in [0.25, 0.3) is 0 Å². The van der Waals surface area contributed by atoms with Crippen molar-refractivity contribution in [3.8, 4) is 5.75 Å². The maximum atomic E-state index is 12.0. The highest BCUT2D eigenvalue weighted by Crippen LogP contribution is 2.21. The van der Waals surface area contributed by atoms with Crippen LogP contribution in [0.2, 0.25) is 0 Å². The molecule has 0 atom stereocenters. The largest absolute Gasteiger partial charge is 0.496 e. The van der Waals surface area contributed by atoms with E-state index in [1.165, 1.54) is 0 Å². The van der Waals surface area contributed by atoms with Crippen LogP contribution in [-0.4, -0.2) is 12.9 Å². The van der Waals surface area contributed by atoms with Gasteiger partial charge in [0.15, 0.2) is 0 Å². The number of hydrogen-bond donors (Lipinski definition) is 0. The van der Waals surface area contributed by atoms with Gasteiger partial charge in [-0.25, -0.2) is 0 Å². The molecule has 1 aliphatic rings. The predicted molar refractivity (Wildman–Crippen MR) is 58.1 cm³/mol. The SMILES string of the molecule is COc1ccccc1C(=O)C1=C=CC=C1. The van der Waals surface area contributed by atoms with E-state index in [1.54, 1.807) is 37.5 Å². The van der Waals surface area contributed by atoms with Crippen LogP contribution in [0.15, 0.2) is 53.8 Å². The molecule has 1 aromatic carbocycles. The standard InChI is InChI=1S/C13H10O2/c1-15-12-9-5-4-8-11(12)13(14)10-6-2-3-7-10/h2-6,8-9H,1H3. The van der Waals surface area contributed by atoms with E-state index in [-0.39, 0.29) is 5.78 Å². The molecule has 0 N–H and O–H groups in total. The second-order valence-electron chi connectivity index (χ2n) is 3.11. The van der Waals surface area contributed by atoms with Gasteiger partial charge in [-0.05, 0) is 24.3 Å². The smallest absolute Gasteiger partial charge is 0.204 e. The van der Waals surface area contributed by atoms with Crippen LogP contribution in [0.5, 0.6) is 5.75 Å². The molecule has 0 spiro atoms. The van der Waals surface area contributed by atoms with E-state index in [0.717, 1.165) is 0 Å². The number of allylic oxidation sites excluding steroid dienone is 3. The van der Waals surface area contributed by atoms with Crippen LogP contribution in [0.25, 0.3) is 0 Å². The number of ketones is 1. The quantitative estimate of drug-likeness (QED) is 0.551. The van der Waals surface area contributed by atoms with Crippen molar-refractivity contribution in [2.45, 2.75) is 0 Å². The first-order valence-corrected chi connectivity index (χ1v) is 4.64. The topological polar surface area (TPSA) is 26.3 Å². The van der Waals surface area contributed by atoms with Gasteiger partial charge in [0.05, 0.1) is 18.2 Å². The normalized spacial score (nSPS) is 12.7. The maximum Gasteiger partial charge on any atom is 0.204 e. The van der Waals surface area contributed by atoms with Crippen molar-refractivity contribution in [2.75, 3.05) is 7.11 Å². The molecule has 1 aliphatic carbocycles. The minimum absolute atomic E-state index is 0.0579. The predicted octanol–water partition coefficient (Wildman–Crippen LogP) is 2.53. The van der Waals surface area contributed by atoms with Crippen molar-refractivity contribution in [2.24, 2.45) is 0 Å².